The quantitative estimate of drug-likeness (QED) is 0.804. The smallest absolute Gasteiger partial charge is 0.303 e. The number of carboxylic acid groups (broad SMARTS) is 1. The molecule has 1 aromatic carbocycles. The van der Waals surface area contributed by atoms with Crippen LogP contribution in [0.2, 0.25) is 0 Å². The van der Waals surface area contributed by atoms with E-state index < -0.39 is 12.1 Å². The first-order valence-corrected chi connectivity index (χ1v) is 5.54. The largest absolute Gasteiger partial charge is 0.481 e. The number of aliphatic hydroxyl groups excluding tert-OH is 1. The molecule has 0 heterocycles. The summed E-state index contributed by atoms with van der Waals surface area (Å²) in [5.41, 5.74) is 1.92. The lowest BCUT2D eigenvalue weighted by Gasteiger charge is -2.20. The molecule has 2 N–H and O–H groups in total. The second-order valence-corrected chi connectivity index (χ2v) is 4.07. The summed E-state index contributed by atoms with van der Waals surface area (Å²) in [5, 5.41) is 18.8. The number of carboxylic acids is 1. The van der Waals surface area contributed by atoms with Gasteiger partial charge in [-0.3, -0.25) is 4.79 Å². The molecule has 0 aliphatic rings. The highest BCUT2D eigenvalue weighted by Crippen LogP contribution is 2.27. The van der Waals surface area contributed by atoms with Gasteiger partial charge in [0.1, 0.15) is 0 Å². The Bertz CT molecular complexity index is 360. The summed E-state index contributed by atoms with van der Waals surface area (Å²) in [6, 6.07) is 7.62. The molecule has 0 aromatic heterocycles. The summed E-state index contributed by atoms with van der Waals surface area (Å²) in [6.07, 6.45) is 0.124. The van der Waals surface area contributed by atoms with Gasteiger partial charge >= 0.3 is 5.97 Å². The Morgan fingerprint density at radius 2 is 2.00 bits per heavy atom. The van der Waals surface area contributed by atoms with Crippen LogP contribution in [0.3, 0.4) is 0 Å². The molecule has 16 heavy (non-hydrogen) atoms. The van der Waals surface area contributed by atoms with Gasteiger partial charge in [0.25, 0.3) is 0 Å². The van der Waals surface area contributed by atoms with Crippen molar-refractivity contribution in [3.8, 4) is 0 Å². The molecule has 2 unspecified atom stereocenters. The lowest BCUT2D eigenvalue weighted by Crippen LogP contribution is -2.15. The van der Waals surface area contributed by atoms with Crippen molar-refractivity contribution in [3.05, 3.63) is 35.4 Å². The number of benzene rings is 1. The summed E-state index contributed by atoms with van der Waals surface area (Å²) >= 11 is 0. The number of hydrogen-bond donors (Lipinski definition) is 2. The molecule has 0 fully saturated rings. The van der Waals surface area contributed by atoms with Crippen molar-refractivity contribution in [2.75, 3.05) is 0 Å². The van der Waals surface area contributed by atoms with Gasteiger partial charge in [0, 0.05) is 0 Å². The Balaban J connectivity index is 2.86. The molecule has 0 radical (unpaired) electrons. The van der Waals surface area contributed by atoms with Crippen molar-refractivity contribution in [1.29, 1.82) is 0 Å². The molecular weight excluding hydrogens is 204 g/mol. The van der Waals surface area contributed by atoms with Crippen LogP contribution in [-0.4, -0.2) is 16.2 Å². The highest BCUT2D eigenvalue weighted by Gasteiger charge is 2.20. The second kappa shape index (κ2) is 5.66. The maximum absolute atomic E-state index is 10.6. The van der Waals surface area contributed by atoms with Crippen molar-refractivity contribution >= 4 is 5.97 Å². The van der Waals surface area contributed by atoms with Crippen LogP contribution in [0.25, 0.3) is 0 Å². The van der Waals surface area contributed by atoms with E-state index in [2.05, 4.69) is 0 Å². The Labute approximate surface area is 95.7 Å². The maximum Gasteiger partial charge on any atom is 0.303 e. The predicted molar refractivity (Wildman–Crippen MR) is 62.2 cm³/mol. The van der Waals surface area contributed by atoms with E-state index in [9.17, 15) is 9.90 Å². The molecule has 0 saturated heterocycles. The van der Waals surface area contributed by atoms with E-state index in [1.54, 1.807) is 6.92 Å². The van der Waals surface area contributed by atoms with Crippen LogP contribution in [0.1, 0.15) is 37.5 Å². The van der Waals surface area contributed by atoms with Gasteiger partial charge in [-0.25, -0.2) is 0 Å². The summed E-state index contributed by atoms with van der Waals surface area (Å²) in [7, 11) is 0. The normalized spacial score (nSPS) is 14.4. The molecule has 0 bridgehead atoms. The van der Waals surface area contributed by atoms with E-state index in [1.165, 1.54) is 0 Å². The van der Waals surface area contributed by atoms with Crippen LogP contribution in [0.15, 0.2) is 24.3 Å². The Hall–Kier alpha value is -1.35. The molecule has 0 saturated carbocycles. The van der Waals surface area contributed by atoms with Crippen LogP contribution in [0.5, 0.6) is 0 Å². The minimum Gasteiger partial charge on any atom is -0.481 e. The topological polar surface area (TPSA) is 57.5 Å². The fourth-order valence-electron chi connectivity index (χ4n) is 1.84. The molecule has 3 heteroatoms. The van der Waals surface area contributed by atoms with Gasteiger partial charge in [-0.15, -0.1) is 0 Å². The van der Waals surface area contributed by atoms with Crippen LogP contribution in [0.4, 0.5) is 0 Å². The summed E-state index contributed by atoms with van der Waals surface area (Å²) < 4.78 is 0. The molecule has 0 aliphatic carbocycles. The molecule has 0 spiro atoms. The zero-order valence-corrected chi connectivity index (χ0v) is 9.68. The fourth-order valence-corrected chi connectivity index (χ4v) is 1.84. The molecule has 88 valence electrons. The number of aliphatic hydroxyl groups is 1. The first-order valence-electron chi connectivity index (χ1n) is 5.54. The first-order chi connectivity index (χ1) is 7.56. The molecule has 3 nitrogen and oxygen atoms in total. The minimum absolute atomic E-state index is 0.0147. The Morgan fingerprint density at radius 3 is 2.56 bits per heavy atom. The molecule has 2 atom stereocenters. The average molecular weight is 222 g/mol. The SMILES string of the molecule is CCc1ccccc1C(O)C(C)CC(=O)O. The third-order valence-corrected chi connectivity index (χ3v) is 2.79. The van der Waals surface area contributed by atoms with Crippen LogP contribution in [0, 0.1) is 5.92 Å². The van der Waals surface area contributed by atoms with E-state index >= 15 is 0 Å². The number of rotatable bonds is 5. The number of hydrogen-bond acceptors (Lipinski definition) is 2. The summed E-state index contributed by atoms with van der Waals surface area (Å²) in [6.45, 7) is 3.78. The average Bonchev–Trinajstić information content (AvgIpc) is 2.27. The van der Waals surface area contributed by atoms with Crippen LogP contribution < -0.4 is 0 Å². The van der Waals surface area contributed by atoms with E-state index in [4.69, 9.17) is 5.11 Å². The van der Waals surface area contributed by atoms with Crippen LogP contribution in [-0.2, 0) is 11.2 Å². The molecule has 1 aromatic rings. The number of carbonyl (C=O) groups is 1. The van der Waals surface area contributed by atoms with Gasteiger partial charge in [0.15, 0.2) is 0 Å². The first kappa shape index (κ1) is 12.7. The van der Waals surface area contributed by atoms with Gasteiger partial charge in [-0.2, -0.15) is 0 Å². The summed E-state index contributed by atoms with van der Waals surface area (Å²) in [5.74, 6) is -1.15. The van der Waals surface area contributed by atoms with Gasteiger partial charge in [-0.1, -0.05) is 38.1 Å². The second-order valence-electron chi connectivity index (χ2n) is 4.07. The highest BCUT2D eigenvalue weighted by atomic mass is 16.4. The molecule has 0 amide bonds. The lowest BCUT2D eigenvalue weighted by molar-refractivity contribution is -0.139. The Kier molecular flexibility index (Phi) is 4.50. The fraction of sp³-hybridized carbons (Fsp3) is 0.462. The van der Waals surface area contributed by atoms with Gasteiger partial charge in [0.2, 0.25) is 0 Å². The number of aryl methyl sites for hydroxylation is 1. The Morgan fingerprint density at radius 1 is 1.38 bits per heavy atom. The van der Waals surface area contributed by atoms with E-state index in [1.807, 2.05) is 31.2 Å². The maximum atomic E-state index is 10.6. The van der Waals surface area contributed by atoms with Gasteiger partial charge in [0.05, 0.1) is 12.5 Å². The standard InChI is InChI=1S/C13H18O3/c1-3-10-6-4-5-7-11(10)13(16)9(2)8-12(14)15/h4-7,9,13,16H,3,8H2,1-2H3,(H,14,15). The lowest BCUT2D eigenvalue weighted by atomic mass is 9.91. The van der Waals surface area contributed by atoms with Crippen molar-refractivity contribution in [2.24, 2.45) is 5.92 Å². The molecule has 1 rings (SSSR count). The monoisotopic (exact) mass is 222 g/mol. The van der Waals surface area contributed by atoms with Crippen LogP contribution >= 0.6 is 0 Å². The molecular formula is C13H18O3. The number of aliphatic carboxylic acids is 1. The summed E-state index contributed by atoms with van der Waals surface area (Å²) in [4.78, 5) is 10.6. The van der Waals surface area contributed by atoms with E-state index in [0.29, 0.717) is 0 Å². The molecule has 0 aliphatic heterocycles. The van der Waals surface area contributed by atoms with Gasteiger partial charge < -0.3 is 10.2 Å². The van der Waals surface area contributed by atoms with Crippen molar-refractivity contribution in [3.63, 3.8) is 0 Å². The zero-order valence-electron chi connectivity index (χ0n) is 9.68. The third kappa shape index (κ3) is 3.07. The zero-order chi connectivity index (χ0) is 12.1. The highest BCUT2D eigenvalue weighted by molar-refractivity contribution is 5.67. The third-order valence-electron chi connectivity index (χ3n) is 2.79. The van der Waals surface area contributed by atoms with Crippen molar-refractivity contribution in [1.82, 2.24) is 0 Å². The minimum atomic E-state index is -0.875. The van der Waals surface area contributed by atoms with Crippen molar-refractivity contribution < 1.29 is 15.0 Å². The van der Waals surface area contributed by atoms with Crippen molar-refractivity contribution in [2.45, 2.75) is 32.8 Å². The van der Waals surface area contributed by atoms with E-state index in [0.717, 1.165) is 17.5 Å². The predicted octanol–water partition coefficient (Wildman–Crippen LogP) is 2.39. The van der Waals surface area contributed by atoms with Gasteiger partial charge in [-0.05, 0) is 23.5 Å². The van der Waals surface area contributed by atoms with E-state index in [-0.39, 0.29) is 12.3 Å².